The maximum Gasteiger partial charge on any atom is 0.407 e. The van der Waals surface area contributed by atoms with Crippen molar-refractivity contribution in [3.63, 3.8) is 0 Å². The molecule has 1 aliphatic rings. The normalized spacial score (nSPS) is 20.9. The van der Waals surface area contributed by atoms with E-state index < -0.39 is 84.7 Å². The first-order valence-corrected chi connectivity index (χ1v) is 16.3. The van der Waals surface area contributed by atoms with Gasteiger partial charge in [0.25, 0.3) is 11.5 Å². The Morgan fingerprint density at radius 2 is 1.81 bits per heavy atom. The van der Waals surface area contributed by atoms with Crippen LogP contribution >= 0.6 is 0 Å². The van der Waals surface area contributed by atoms with Gasteiger partial charge in [-0.3, -0.25) is 28.9 Å². The number of hydrogen-bond acceptors (Lipinski definition) is 14. The molecule has 7 N–H and O–H groups in total. The number of furan rings is 1. The first-order chi connectivity index (χ1) is 24.6. The van der Waals surface area contributed by atoms with Crippen LogP contribution in [-0.4, -0.2) is 114 Å². The Hall–Kier alpha value is -4.92. The van der Waals surface area contributed by atoms with Crippen LogP contribution in [-0.2, 0) is 43.5 Å². The summed E-state index contributed by atoms with van der Waals surface area (Å²) in [6, 6.07) is 4.67. The lowest BCUT2D eigenvalue weighted by molar-refractivity contribution is -0.304. The standard InChI is InChI=1S/C33H44N6O13/c1-18-13-38(31(47)37-28(18)45)15-23(41)39(14-19-6-5-9-34-12-19)24(29(46)35-10-11-36-32(48)52-33(2,3)4)21-8-7-20(50-21)17-49-30-27(44)26(43)25(42)22(16-40)51-30/h5-9,12-13,22,24-27,30,40,42-44H,10-11,14-17H2,1-4H3,(H,35,46)(H,36,48)(H,37,45,47)/t22?,24?,25-,26?,27?,30+/m1/s1. The van der Waals surface area contributed by atoms with E-state index in [9.17, 15) is 44.4 Å². The van der Waals surface area contributed by atoms with Crippen LogP contribution in [0.4, 0.5) is 4.79 Å². The second kappa shape index (κ2) is 17.5. The van der Waals surface area contributed by atoms with E-state index in [1.165, 1.54) is 37.6 Å². The summed E-state index contributed by atoms with van der Waals surface area (Å²) in [4.78, 5) is 72.1. The molecule has 4 rings (SSSR count). The summed E-state index contributed by atoms with van der Waals surface area (Å²) in [5.74, 6) is -1.41. The fourth-order valence-electron chi connectivity index (χ4n) is 5.16. The number of carbonyl (C=O) groups excluding carboxylic acids is 3. The molecular weight excluding hydrogens is 688 g/mol. The highest BCUT2D eigenvalue weighted by Crippen LogP contribution is 2.28. The molecule has 3 amide bonds. The number of nitrogens with zero attached hydrogens (tertiary/aromatic N) is 3. The van der Waals surface area contributed by atoms with E-state index >= 15 is 0 Å². The number of pyridine rings is 1. The van der Waals surface area contributed by atoms with Gasteiger partial charge in [-0.15, -0.1) is 0 Å². The minimum absolute atomic E-state index is 0.0354. The predicted molar refractivity (Wildman–Crippen MR) is 178 cm³/mol. The van der Waals surface area contributed by atoms with E-state index in [1.807, 2.05) is 0 Å². The van der Waals surface area contributed by atoms with Crippen molar-refractivity contribution in [3.05, 3.63) is 86.3 Å². The number of ether oxygens (including phenoxy) is 3. The molecule has 0 spiro atoms. The van der Waals surface area contributed by atoms with E-state index in [1.54, 1.807) is 32.9 Å². The van der Waals surface area contributed by atoms with Gasteiger partial charge in [0.1, 0.15) is 54.7 Å². The molecule has 3 aromatic rings. The number of carbonyl (C=O) groups is 3. The number of aromatic nitrogens is 3. The molecule has 6 atom stereocenters. The summed E-state index contributed by atoms with van der Waals surface area (Å²) in [5, 5.41) is 45.2. The van der Waals surface area contributed by atoms with E-state index in [-0.39, 0.29) is 43.3 Å². The van der Waals surface area contributed by atoms with Crippen molar-refractivity contribution in [1.29, 1.82) is 0 Å². The van der Waals surface area contributed by atoms with Gasteiger partial charge in [0.2, 0.25) is 5.91 Å². The number of aliphatic hydroxyl groups excluding tert-OH is 4. The second-order valence-electron chi connectivity index (χ2n) is 13.0. The van der Waals surface area contributed by atoms with Gasteiger partial charge in [-0.1, -0.05) is 6.07 Å². The van der Waals surface area contributed by atoms with Crippen LogP contribution < -0.4 is 21.9 Å². The van der Waals surface area contributed by atoms with Crippen LogP contribution in [0.3, 0.4) is 0 Å². The molecule has 52 heavy (non-hydrogen) atoms. The van der Waals surface area contributed by atoms with Gasteiger partial charge in [-0.25, -0.2) is 9.59 Å². The molecule has 4 unspecified atom stereocenters. The van der Waals surface area contributed by atoms with Crippen LogP contribution in [0.5, 0.6) is 0 Å². The molecule has 1 fully saturated rings. The molecule has 0 bridgehead atoms. The number of aliphatic hydroxyl groups is 4. The number of amides is 3. The summed E-state index contributed by atoms with van der Waals surface area (Å²) >= 11 is 0. The minimum atomic E-state index is -1.67. The summed E-state index contributed by atoms with van der Waals surface area (Å²) in [6.45, 7) is 4.63. The third-order valence-corrected chi connectivity index (χ3v) is 7.73. The lowest BCUT2D eigenvalue weighted by Crippen LogP contribution is -2.59. The molecule has 1 aliphatic heterocycles. The van der Waals surface area contributed by atoms with Gasteiger partial charge in [0.15, 0.2) is 12.3 Å². The number of rotatable bonds is 14. The zero-order chi connectivity index (χ0) is 38.2. The molecule has 19 heteroatoms. The monoisotopic (exact) mass is 732 g/mol. The summed E-state index contributed by atoms with van der Waals surface area (Å²) in [7, 11) is 0. The van der Waals surface area contributed by atoms with Gasteiger partial charge in [-0.05, 0) is 51.5 Å². The smallest absolute Gasteiger partial charge is 0.407 e. The average Bonchev–Trinajstić information content (AvgIpc) is 3.55. The Kier molecular flexibility index (Phi) is 13.4. The first-order valence-electron chi connectivity index (χ1n) is 16.3. The maximum atomic E-state index is 14.1. The lowest BCUT2D eigenvalue weighted by atomic mass is 9.99. The molecule has 3 aromatic heterocycles. The van der Waals surface area contributed by atoms with Crippen molar-refractivity contribution in [2.45, 2.75) is 89.7 Å². The molecule has 0 aromatic carbocycles. The fraction of sp³-hybridized carbons (Fsp3) is 0.515. The number of H-pyrrole nitrogens is 1. The minimum Gasteiger partial charge on any atom is -0.461 e. The van der Waals surface area contributed by atoms with Crippen molar-refractivity contribution >= 4 is 17.9 Å². The highest BCUT2D eigenvalue weighted by Gasteiger charge is 2.44. The summed E-state index contributed by atoms with van der Waals surface area (Å²) < 4.78 is 23.1. The number of aromatic amines is 1. The second-order valence-corrected chi connectivity index (χ2v) is 13.0. The van der Waals surface area contributed by atoms with Crippen molar-refractivity contribution in [2.24, 2.45) is 0 Å². The average molecular weight is 733 g/mol. The molecule has 4 heterocycles. The lowest BCUT2D eigenvalue weighted by Gasteiger charge is -2.39. The number of nitrogens with one attached hydrogen (secondary N) is 3. The van der Waals surface area contributed by atoms with Gasteiger partial charge in [0, 0.05) is 43.8 Å². The van der Waals surface area contributed by atoms with E-state index in [0.29, 0.717) is 5.56 Å². The van der Waals surface area contributed by atoms with E-state index in [4.69, 9.17) is 18.6 Å². The molecule has 284 valence electrons. The molecule has 0 radical (unpaired) electrons. The third kappa shape index (κ3) is 10.6. The largest absolute Gasteiger partial charge is 0.461 e. The van der Waals surface area contributed by atoms with Gasteiger partial charge in [-0.2, -0.15) is 0 Å². The Labute approximate surface area is 297 Å². The zero-order valence-electron chi connectivity index (χ0n) is 29.1. The van der Waals surface area contributed by atoms with Gasteiger partial charge in [0.05, 0.1) is 6.61 Å². The van der Waals surface area contributed by atoms with E-state index in [0.717, 1.165) is 9.47 Å². The number of aryl methyl sites for hydroxylation is 1. The third-order valence-electron chi connectivity index (χ3n) is 7.73. The Morgan fingerprint density at radius 1 is 1.08 bits per heavy atom. The van der Waals surface area contributed by atoms with Crippen LogP contribution in [0, 0.1) is 6.92 Å². The molecule has 1 saturated heterocycles. The van der Waals surface area contributed by atoms with Crippen molar-refractivity contribution in [3.8, 4) is 0 Å². The molecule has 0 aliphatic carbocycles. The number of hydrogen-bond donors (Lipinski definition) is 7. The molecule has 0 saturated carbocycles. The fourth-order valence-corrected chi connectivity index (χ4v) is 5.16. The SMILES string of the molecule is Cc1cn(CC(=O)N(Cc2cccnc2)C(C(=O)NCCNC(=O)OC(C)(C)C)c2ccc(CO[C@H]3OC(CO)[C@@H](O)C(O)C3O)o2)c(=O)[nH]c1=O. The Bertz CT molecular complexity index is 1780. The topological polar surface area (TPSA) is 268 Å². The van der Waals surface area contributed by atoms with Crippen molar-refractivity contribution in [1.82, 2.24) is 30.1 Å². The quantitative estimate of drug-likeness (QED) is 0.0937. The Balaban J connectivity index is 1.62. The molecular formula is C33H44N6O13. The van der Waals surface area contributed by atoms with E-state index in [2.05, 4.69) is 20.6 Å². The highest BCUT2D eigenvalue weighted by molar-refractivity contribution is 5.88. The number of alkyl carbamates (subject to hydrolysis) is 1. The van der Waals surface area contributed by atoms with Crippen molar-refractivity contribution < 1.29 is 53.4 Å². The first kappa shape index (κ1) is 39.9. The zero-order valence-corrected chi connectivity index (χ0v) is 29.1. The van der Waals surface area contributed by atoms with Gasteiger partial charge >= 0.3 is 11.8 Å². The van der Waals surface area contributed by atoms with Gasteiger partial charge < -0.3 is 54.6 Å². The van der Waals surface area contributed by atoms with Crippen LogP contribution in [0.25, 0.3) is 0 Å². The Morgan fingerprint density at radius 3 is 2.48 bits per heavy atom. The van der Waals surface area contributed by atoms with Crippen LogP contribution in [0.15, 0.2) is 56.9 Å². The summed E-state index contributed by atoms with van der Waals surface area (Å²) in [6.07, 6.45) is -4.09. The maximum absolute atomic E-state index is 14.1. The molecule has 19 nitrogen and oxygen atoms in total. The van der Waals surface area contributed by atoms with Crippen molar-refractivity contribution in [2.75, 3.05) is 19.7 Å². The predicted octanol–water partition coefficient (Wildman–Crippen LogP) is -1.44. The summed E-state index contributed by atoms with van der Waals surface area (Å²) in [5.41, 5.74) is -1.52. The van der Waals surface area contributed by atoms with Crippen LogP contribution in [0.2, 0.25) is 0 Å². The highest BCUT2D eigenvalue weighted by atomic mass is 16.7. The van der Waals surface area contributed by atoms with Crippen LogP contribution in [0.1, 0.15) is 49.5 Å².